The lowest BCUT2D eigenvalue weighted by Crippen LogP contribution is -2.41. The van der Waals surface area contributed by atoms with Crippen LogP contribution in [-0.2, 0) is 13.1 Å². The fraction of sp³-hybridized carbons (Fsp3) is 0.143. The lowest BCUT2D eigenvalue weighted by molar-refractivity contribution is 0.617. The second-order valence-corrected chi connectivity index (χ2v) is 6.54. The molecule has 6 nitrogen and oxygen atoms in total. The van der Waals surface area contributed by atoms with Gasteiger partial charge in [0.2, 0.25) is 0 Å². The second kappa shape index (κ2) is 7.19. The summed E-state index contributed by atoms with van der Waals surface area (Å²) in [6, 6.07) is 13.4. The number of benzene rings is 2. The van der Waals surface area contributed by atoms with Gasteiger partial charge in [-0.2, -0.15) is 0 Å². The fourth-order valence-electron chi connectivity index (χ4n) is 3.14. The Balaban J connectivity index is 1.91. The van der Waals surface area contributed by atoms with Crippen molar-refractivity contribution >= 4 is 11.2 Å². The Hall–Kier alpha value is -3.61. The molecular weight excluding hydrogens is 359 g/mol. The van der Waals surface area contributed by atoms with Gasteiger partial charge in [0.05, 0.1) is 13.1 Å². The van der Waals surface area contributed by atoms with Crippen LogP contribution >= 0.6 is 0 Å². The van der Waals surface area contributed by atoms with Gasteiger partial charge in [-0.1, -0.05) is 36.4 Å². The van der Waals surface area contributed by atoms with E-state index in [9.17, 15) is 14.0 Å². The SMILES string of the molecule is Cc1ccccc1Cn1c(=O)n(Cc2ccc(F)cc2)c(=O)c2nccnc21. The van der Waals surface area contributed by atoms with Crippen molar-refractivity contribution < 1.29 is 4.39 Å². The summed E-state index contributed by atoms with van der Waals surface area (Å²) in [5, 5.41) is 0. The van der Waals surface area contributed by atoms with Crippen molar-refractivity contribution in [3.8, 4) is 0 Å². The van der Waals surface area contributed by atoms with Crippen molar-refractivity contribution in [1.29, 1.82) is 0 Å². The minimum atomic E-state index is -0.515. The van der Waals surface area contributed by atoms with Gasteiger partial charge in [0.25, 0.3) is 5.56 Å². The molecule has 0 unspecified atom stereocenters. The van der Waals surface area contributed by atoms with Gasteiger partial charge in [0.1, 0.15) is 5.82 Å². The largest absolute Gasteiger partial charge is 0.333 e. The Labute approximate surface area is 159 Å². The summed E-state index contributed by atoms with van der Waals surface area (Å²) in [4.78, 5) is 34.4. The number of halogens is 1. The first-order valence-electron chi connectivity index (χ1n) is 8.78. The molecule has 0 radical (unpaired) electrons. The van der Waals surface area contributed by atoms with Crippen LogP contribution in [0.25, 0.3) is 11.2 Å². The standard InChI is InChI=1S/C21H17FN4O2/c1-14-4-2-3-5-16(14)13-25-19-18(23-10-11-24-19)20(27)26(21(25)28)12-15-6-8-17(22)9-7-15/h2-11H,12-13H2,1H3. The van der Waals surface area contributed by atoms with E-state index >= 15 is 0 Å². The third-order valence-electron chi connectivity index (χ3n) is 4.69. The van der Waals surface area contributed by atoms with E-state index in [0.29, 0.717) is 5.56 Å². The molecular formula is C21H17FN4O2. The molecule has 0 bridgehead atoms. The normalized spacial score (nSPS) is 11.1. The number of hydrogen-bond acceptors (Lipinski definition) is 4. The van der Waals surface area contributed by atoms with Gasteiger partial charge in [0.15, 0.2) is 11.2 Å². The molecule has 0 saturated carbocycles. The number of aryl methyl sites for hydroxylation is 1. The van der Waals surface area contributed by atoms with E-state index in [-0.39, 0.29) is 30.1 Å². The summed E-state index contributed by atoms with van der Waals surface area (Å²) < 4.78 is 15.8. The first kappa shape index (κ1) is 17.8. The predicted octanol–water partition coefficient (Wildman–Crippen LogP) is 2.50. The van der Waals surface area contributed by atoms with Crippen LogP contribution in [0.1, 0.15) is 16.7 Å². The van der Waals surface area contributed by atoms with Crippen LogP contribution in [0.15, 0.2) is 70.5 Å². The van der Waals surface area contributed by atoms with Gasteiger partial charge >= 0.3 is 5.69 Å². The molecule has 0 aliphatic carbocycles. The van der Waals surface area contributed by atoms with Crippen molar-refractivity contribution in [2.45, 2.75) is 20.0 Å². The van der Waals surface area contributed by atoms with Gasteiger partial charge in [-0.3, -0.25) is 13.9 Å². The molecule has 4 rings (SSSR count). The molecule has 4 aromatic rings. The summed E-state index contributed by atoms with van der Waals surface area (Å²) in [5.74, 6) is -0.377. The molecule has 28 heavy (non-hydrogen) atoms. The van der Waals surface area contributed by atoms with Crippen LogP contribution in [0.4, 0.5) is 4.39 Å². The molecule has 2 heterocycles. The average molecular weight is 376 g/mol. The molecule has 0 aliphatic heterocycles. The van der Waals surface area contributed by atoms with Crippen LogP contribution in [-0.4, -0.2) is 19.1 Å². The zero-order chi connectivity index (χ0) is 19.7. The lowest BCUT2D eigenvalue weighted by atomic mass is 10.1. The van der Waals surface area contributed by atoms with E-state index in [2.05, 4.69) is 9.97 Å². The number of rotatable bonds is 4. The predicted molar refractivity (Wildman–Crippen MR) is 104 cm³/mol. The summed E-state index contributed by atoms with van der Waals surface area (Å²) in [6.07, 6.45) is 2.88. The Kier molecular flexibility index (Phi) is 4.57. The van der Waals surface area contributed by atoms with Gasteiger partial charge in [-0.15, -0.1) is 0 Å². The smallest absolute Gasteiger partial charge is 0.272 e. The molecule has 0 atom stereocenters. The zero-order valence-corrected chi connectivity index (χ0v) is 15.2. The Morgan fingerprint density at radius 1 is 0.893 bits per heavy atom. The third-order valence-corrected chi connectivity index (χ3v) is 4.69. The number of aromatic nitrogens is 4. The molecule has 0 aliphatic rings. The maximum Gasteiger partial charge on any atom is 0.333 e. The maximum absolute atomic E-state index is 13.2. The summed E-state index contributed by atoms with van der Waals surface area (Å²) in [5.41, 5.74) is 2.00. The molecule has 2 aromatic heterocycles. The number of nitrogens with zero attached hydrogens (tertiary/aromatic N) is 4. The summed E-state index contributed by atoms with van der Waals surface area (Å²) in [7, 11) is 0. The monoisotopic (exact) mass is 376 g/mol. The zero-order valence-electron chi connectivity index (χ0n) is 15.2. The Bertz CT molecular complexity index is 1280. The minimum absolute atomic E-state index is 0.0260. The van der Waals surface area contributed by atoms with Crippen LogP contribution < -0.4 is 11.2 Å². The first-order valence-corrected chi connectivity index (χ1v) is 8.78. The van der Waals surface area contributed by atoms with Gasteiger partial charge in [-0.05, 0) is 35.7 Å². The third kappa shape index (κ3) is 3.22. The van der Waals surface area contributed by atoms with Gasteiger partial charge in [-0.25, -0.2) is 19.2 Å². The fourth-order valence-corrected chi connectivity index (χ4v) is 3.14. The van der Waals surface area contributed by atoms with E-state index in [0.717, 1.165) is 15.7 Å². The van der Waals surface area contributed by atoms with Gasteiger partial charge in [0, 0.05) is 12.4 Å². The highest BCUT2D eigenvalue weighted by atomic mass is 19.1. The maximum atomic E-state index is 13.2. The Morgan fingerprint density at radius 2 is 1.61 bits per heavy atom. The van der Waals surface area contributed by atoms with Crippen LogP contribution in [0.2, 0.25) is 0 Å². The van der Waals surface area contributed by atoms with E-state index in [1.54, 1.807) is 12.1 Å². The van der Waals surface area contributed by atoms with Crippen molar-refractivity contribution in [2.75, 3.05) is 0 Å². The van der Waals surface area contributed by atoms with E-state index in [1.165, 1.54) is 29.1 Å². The highest BCUT2D eigenvalue weighted by molar-refractivity contribution is 5.68. The first-order chi connectivity index (χ1) is 13.5. The topological polar surface area (TPSA) is 69.8 Å². The molecule has 2 aromatic carbocycles. The summed E-state index contributed by atoms with van der Waals surface area (Å²) in [6.45, 7) is 2.26. The average Bonchev–Trinajstić information content (AvgIpc) is 2.71. The second-order valence-electron chi connectivity index (χ2n) is 6.54. The van der Waals surface area contributed by atoms with E-state index in [1.807, 2.05) is 31.2 Å². The quantitative estimate of drug-likeness (QED) is 0.549. The number of fused-ring (bicyclic) bond motifs is 1. The highest BCUT2D eigenvalue weighted by Crippen LogP contribution is 2.11. The number of hydrogen-bond donors (Lipinski definition) is 0. The molecule has 0 spiro atoms. The van der Waals surface area contributed by atoms with E-state index < -0.39 is 11.2 Å². The molecule has 0 saturated heterocycles. The minimum Gasteiger partial charge on any atom is -0.272 e. The van der Waals surface area contributed by atoms with E-state index in [4.69, 9.17) is 0 Å². The van der Waals surface area contributed by atoms with Crippen molar-refractivity contribution in [3.05, 3.63) is 104 Å². The molecule has 0 amide bonds. The van der Waals surface area contributed by atoms with Crippen molar-refractivity contribution in [1.82, 2.24) is 19.1 Å². The highest BCUT2D eigenvalue weighted by Gasteiger charge is 2.16. The summed E-state index contributed by atoms with van der Waals surface area (Å²) >= 11 is 0. The molecule has 7 heteroatoms. The molecule has 140 valence electrons. The lowest BCUT2D eigenvalue weighted by Gasteiger charge is -2.14. The Morgan fingerprint density at radius 3 is 2.36 bits per heavy atom. The van der Waals surface area contributed by atoms with Crippen LogP contribution in [0, 0.1) is 12.7 Å². The van der Waals surface area contributed by atoms with Crippen molar-refractivity contribution in [2.24, 2.45) is 0 Å². The molecule has 0 N–H and O–H groups in total. The molecule has 0 fully saturated rings. The van der Waals surface area contributed by atoms with Gasteiger partial charge < -0.3 is 0 Å². The van der Waals surface area contributed by atoms with Crippen LogP contribution in [0.5, 0.6) is 0 Å². The van der Waals surface area contributed by atoms with Crippen molar-refractivity contribution in [3.63, 3.8) is 0 Å². The van der Waals surface area contributed by atoms with Crippen LogP contribution in [0.3, 0.4) is 0 Å².